The first-order valence-corrected chi connectivity index (χ1v) is 8.66. The first kappa shape index (κ1) is 17.5. The number of pyridine rings is 1. The van der Waals surface area contributed by atoms with Crippen LogP contribution in [0.2, 0.25) is 0 Å². The first-order chi connectivity index (χ1) is 13.6. The van der Waals surface area contributed by atoms with Crippen LogP contribution in [-0.2, 0) is 7.05 Å². The summed E-state index contributed by atoms with van der Waals surface area (Å²) >= 11 is 0. The van der Waals surface area contributed by atoms with Crippen LogP contribution in [0.1, 0.15) is 16.1 Å². The van der Waals surface area contributed by atoms with E-state index in [1.54, 1.807) is 60.3 Å². The van der Waals surface area contributed by atoms with Gasteiger partial charge in [0.25, 0.3) is 11.5 Å². The van der Waals surface area contributed by atoms with Gasteiger partial charge in [-0.2, -0.15) is 0 Å². The average Bonchev–Trinajstić information content (AvgIpc) is 3.33. The second kappa shape index (κ2) is 6.99. The fourth-order valence-electron chi connectivity index (χ4n) is 2.99. The molecular weight excluding hydrogens is 356 g/mol. The van der Waals surface area contributed by atoms with E-state index in [0.717, 1.165) is 5.69 Å². The van der Waals surface area contributed by atoms with Gasteiger partial charge in [-0.3, -0.25) is 18.8 Å². The van der Waals surface area contributed by atoms with Crippen molar-refractivity contribution < 1.29 is 4.79 Å². The summed E-state index contributed by atoms with van der Waals surface area (Å²) in [6.07, 6.45) is 6.52. The van der Waals surface area contributed by atoms with Crippen LogP contribution < -0.4 is 10.9 Å². The van der Waals surface area contributed by atoms with E-state index >= 15 is 0 Å². The molecule has 4 rings (SSSR count). The molecule has 0 aliphatic heterocycles. The molecule has 0 saturated carbocycles. The van der Waals surface area contributed by atoms with Crippen LogP contribution >= 0.6 is 0 Å². The van der Waals surface area contributed by atoms with Crippen molar-refractivity contribution in [2.75, 3.05) is 5.32 Å². The number of aromatic nitrogens is 5. The van der Waals surface area contributed by atoms with Crippen molar-refractivity contribution in [2.45, 2.75) is 6.92 Å². The SMILES string of the molecule is Cc1c(NC(=O)c2ccnc(-n3ccnc3)c2)c(=O)n(-c2ccccc2)n1C. The molecule has 1 N–H and O–H groups in total. The molecule has 0 unspecified atom stereocenters. The number of imidazole rings is 1. The molecule has 3 heterocycles. The molecule has 0 spiro atoms. The van der Waals surface area contributed by atoms with Crippen molar-refractivity contribution in [3.8, 4) is 11.5 Å². The van der Waals surface area contributed by atoms with Crippen LogP contribution in [0.5, 0.6) is 0 Å². The van der Waals surface area contributed by atoms with E-state index in [9.17, 15) is 9.59 Å². The Bertz CT molecular complexity index is 1190. The van der Waals surface area contributed by atoms with Crippen LogP contribution in [-0.4, -0.2) is 29.8 Å². The summed E-state index contributed by atoms with van der Waals surface area (Å²) in [5, 5.41) is 2.75. The third-order valence-corrected chi connectivity index (χ3v) is 4.57. The number of benzene rings is 1. The average molecular weight is 374 g/mol. The Morgan fingerprint density at radius 2 is 1.89 bits per heavy atom. The minimum Gasteiger partial charge on any atom is -0.316 e. The van der Waals surface area contributed by atoms with E-state index in [4.69, 9.17) is 0 Å². The van der Waals surface area contributed by atoms with Gasteiger partial charge in [-0.1, -0.05) is 18.2 Å². The fourth-order valence-corrected chi connectivity index (χ4v) is 2.99. The minimum atomic E-state index is -0.380. The molecule has 0 aliphatic rings. The smallest absolute Gasteiger partial charge is 0.295 e. The van der Waals surface area contributed by atoms with Gasteiger partial charge in [0.15, 0.2) is 0 Å². The summed E-state index contributed by atoms with van der Waals surface area (Å²) < 4.78 is 4.94. The molecular formula is C20H18N6O2. The number of hydrogen-bond donors (Lipinski definition) is 1. The maximum Gasteiger partial charge on any atom is 0.295 e. The van der Waals surface area contributed by atoms with Gasteiger partial charge in [0.2, 0.25) is 0 Å². The van der Waals surface area contributed by atoms with Gasteiger partial charge in [-0.05, 0) is 31.2 Å². The highest BCUT2D eigenvalue weighted by Crippen LogP contribution is 2.15. The van der Waals surface area contributed by atoms with E-state index in [1.807, 2.05) is 30.3 Å². The van der Waals surface area contributed by atoms with Crippen molar-refractivity contribution >= 4 is 11.6 Å². The summed E-state index contributed by atoms with van der Waals surface area (Å²) in [4.78, 5) is 33.9. The maximum absolute atomic E-state index is 12.9. The molecule has 1 aromatic carbocycles. The summed E-state index contributed by atoms with van der Waals surface area (Å²) in [6.45, 7) is 1.79. The van der Waals surface area contributed by atoms with Crippen molar-refractivity contribution in [1.29, 1.82) is 0 Å². The lowest BCUT2D eigenvalue weighted by atomic mass is 10.2. The molecule has 0 aliphatic carbocycles. The van der Waals surface area contributed by atoms with E-state index < -0.39 is 0 Å². The molecule has 8 nitrogen and oxygen atoms in total. The van der Waals surface area contributed by atoms with Crippen LogP contribution in [0.4, 0.5) is 5.69 Å². The Kier molecular flexibility index (Phi) is 4.36. The number of amides is 1. The second-order valence-electron chi connectivity index (χ2n) is 6.26. The number of para-hydroxylation sites is 1. The summed E-state index contributed by atoms with van der Waals surface area (Å²) in [5.74, 6) is 0.186. The Balaban J connectivity index is 1.68. The molecule has 0 radical (unpaired) electrons. The first-order valence-electron chi connectivity index (χ1n) is 8.66. The van der Waals surface area contributed by atoms with Crippen molar-refractivity contribution in [2.24, 2.45) is 7.05 Å². The number of nitrogens with zero attached hydrogens (tertiary/aromatic N) is 5. The zero-order valence-corrected chi connectivity index (χ0v) is 15.4. The monoisotopic (exact) mass is 374 g/mol. The third kappa shape index (κ3) is 3.01. The van der Waals surface area contributed by atoms with Gasteiger partial charge in [-0.25, -0.2) is 14.6 Å². The molecule has 140 valence electrons. The van der Waals surface area contributed by atoms with Gasteiger partial charge in [0, 0.05) is 31.2 Å². The molecule has 8 heteroatoms. The predicted molar refractivity (Wildman–Crippen MR) is 105 cm³/mol. The van der Waals surface area contributed by atoms with Gasteiger partial charge < -0.3 is 5.32 Å². The highest BCUT2D eigenvalue weighted by Gasteiger charge is 2.19. The van der Waals surface area contributed by atoms with Crippen LogP contribution in [0.3, 0.4) is 0 Å². The summed E-state index contributed by atoms with van der Waals surface area (Å²) in [7, 11) is 1.78. The topological polar surface area (TPSA) is 86.7 Å². The third-order valence-electron chi connectivity index (χ3n) is 4.57. The van der Waals surface area contributed by atoms with E-state index in [0.29, 0.717) is 17.1 Å². The largest absolute Gasteiger partial charge is 0.316 e. The maximum atomic E-state index is 12.9. The zero-order chi connectivity index (χ0) is 19.7. The lowest BCUT2D eigenvalue weighted by Crippen LogP contribution is -2.23. The molecule has 0 fully saturated rings. The zero-order valence-electron chi connectivity index (χ0n) is 15.4. The molecule has 0 bridgehead atoms. The summed E-state index contributed by atoms with van der Waals surface area (Å²) in [6, 6.07) is 12.5. The lowest BCUT2D eigenvalue weighted by molar-refractivity contribution is 0.102. The number of carbonyl (C=O) groups excluding carboxylic acids is 1. The second-order valence-corrected chi connectivity index (χ2v) is 6.26. The number of rotatable bonds is 4. The quantitative estimate of drug-likeness (QED) is 0.594. The van der Waals surface area contributed by atoms with Crippen molar-refractivity contribution in [1.82, 2.24) is 23.9 Å². The molecule has 1 amide bonds. The van der Waals surface area contributed by atoms with Crippen LogP contribution in [0.15, 0.2) is 72.2 Å². The fraction of sp³-hybridized carbons (Fsp3) is 0.100. The highest BCUT2D eigenvalue weighted by molar-refractivity contribution is 6.04. The number of hydrogen-bond acceptors (Lipinski definition) is 4. The van der Waals surface area contributed by atoms with Gasteiger partial charge in [0.05, 0.1) is 11.4 Å². The van der Waals surface area contributed by atoms with Crippen LogP contribution in [0.25, 0.3) is 11.5 Å². The molecule has 0 saturated heterocycles. The molecule has 3 aromatic heterocycles. The van der Waals surface area contributed by atoms with E-state index in [1.165, 1.54) is 4.68 Å². The van der Waals surface area contributed by atoms with Crippen molar-refractivity contribution in [3.63, 3.8) is 0 Å². The van der Waals surface area contributed by atoms with Gasteiger partial charge >= 0.3 is 0 Å². The van der Waals surface area contributed by atoms with E-state index in [-0.39, 0.29) is 17.2 Å². The number of carbonyl (C=O) groups is 1. The van der Waals surface area contributed by atoms with Crippen LogP contribution in [0, 0.1) is 6.92 Å². The Hall–Kier alpha value is -3.94. The lowest BCUT2D eigenvalue weighted by Gasteiger charge is -2.07. The predicted octanol–water partition coefficient (Wildman–Crippen LogP) is 2.32. The molecule has 28 heavy (non-hydrogen) atoms. The highest BCUT2D eigenvalue weighted by atomic mass is 16.2. The molecule has 4 aromatic rings. The Labute approximate surface area is 160 Å². The Morgan fingerprint density at radius 3 is 2.61 bits per heavy atom. The van der Waals surface area contributed by atoms with Gasteiger partial charge in [0.1, 0.15) is 17.8 Å². The standard InChI is InChI=1S/C20H18N6O2/c1-14-18(20(28)26(24(14)2)16-6-4-3-5-7-16)23-19(27)15-8-9-22-17(12-15)25-11-10-21-13-25/h3-13H,1-2H3,(H,23,27). The van der Waals surface area contributed by atoms with E-state index in [2.05, 4.69) is 15.3 Å². The molecule has 0 atom stereocenters. The van der Waals surface area contributed by atoms with Gasteiger partial charge in [-0.15, -0.1) is 0 Å². The minimum absolute atomic E-state index is 0.248. The normalized spacial score (nSPS) is 10.8. The Morgan fingerprint density at radius 1 is 1.11 bits per heavy atom. The van der Waals surface area contributed by atoms with Crippen molar-refractivity contribution in [3.05, 3.63) is 89.0 Å². The summed E-state index contributed by atoms with van der Waals surface area (Å²) in [5.41, 5.74) is 1.74. The number of anilines is 1. The number of nitrogens with one attached hydrogen (secondary N) is 1.